The molecule has 0 bridgehead atoms. The fraction of sp³-hybridized carbons (Fsp3) is 0.294. The van der Waals surface area contributed by atoms with Crippen LogP contribution in [0.3, 0.4) is 0 Å². The molecule has 0 aromatic heterocycles. The molecule has 0 amide bonds. The van der Waals surface area contributed by atoms with Crippen molar-refractivity contribution < 1.29 is 22.9 Å². The number of benzene rings is 4. The van der Waals surface area contributed by atoms with Gasteiger partial charge in [-0.2, -0.15) is 0 Å². The van der Waals surface area contributed by atoms with Crippen molar-refractivity contribution in [2.24, 2.45) is 0 Å². The molecule has 43 heavy (non-hydrogen) atoms. The van der Waals surface area contributed by atoms with Gasteiger partial charge in [0, 0.05) is 5.88 Å². The summed E-state index contributed by atoms with van der Waals surface area (Å²) in [6.45, 7) is 1.04. The Hall–Kier alpha value is -2.83. The molecule has 0 spiro atoms. The van der Waals surface area contributed by atoms with Gasteiger partial charge in [0.25, 0.3) is 0 Å². The van der Waals surface area contributed by atoms with E-state index in [-0.39, 0.29) is 24.8 Å². The molecule has 9 heteroatoms. The summed E-state index contributed by atoms with van der Waals surface area (Å²) in [5.74, 6) is 1.22. The van der Waals surface area contributed by atoms with Crippen molar-refractivity contribution in [3.05, 3.63) is 131 Å². The topological polar surface area (TPSA) is 66.0 Å². The number of para-hydroxylation sites is 1. The van der Waals surface area contributed by atoms with Gasteiger partial charge in [-0.3, -0.25) is 14.4 Å². The Balaban J connectivity index is 1.37. The molecular weight excluding hydrogens is 604 g/mol. The SMILES string of the molecule is COc1ccc(C(NCCCCCCOP(=O)(OCCCl)Oc2ccccc2Cl)(c2ccccc2)c2ccccc2)cc1. The number of ether oxygens (including phenoxy) is 1. The fourth-order valence-electron chi connectivity index (χ4n) is 4.93. The number of phosphoric acid groups is 1. The molecular formula is C34H38Cl2NO5P. The first kappa shape index (κ1) is 33.1. The van der Waals surface area contributed by atoms with E-state index in [1.54, 1.807) is 31.4 Å². The highest BCUT2D eigenvalue weighted by Gasteiger charge is 2.35. The second-order valence-electron chi connectivity index (χ2n) is 9.88. The van der Waals surface area contributed by atoms with E-state index in [1.807, 2.05) is 24.3 Å². The third-order valence-corrected chi connectivity index (χ3v) is 8.91. The number of hydrogen-bond donors (Lipinski definition) is 1. The van der Waals surface area contributed by atoms with E-state index >= 15 is 0 Å². The van der Waals surface area contributed by atoms with Crippen LogP contribution in [-0.4, -0.2) is 32.7 Å². The van der Waals surface area contributed by atoms with Gasteiger partial charge in [-0.15, -0.1) is 11.6 Å². The van der Waals surface area contributed by atoms with E-state index in [1.165, 1.54) is 0 Å². The molecule has 0 aliphatic carbocycles. The van der Waals surface area contributed by atoms with E-state index in [2.05, 4.69) is 66.0 Å². The van der Waals surface area contributed by atoms with Gasteiger partial charge in [-0.05, 0) is 60.3 Å². The minimum atomic E-state index is -3.87. The second kappa shape index (κ2) is 16.9. The van der Waals surface area contributed by atoms with Gasteiger partial charge in [-0.1, -0.05) is 109 Å². The van der Waals surface area contributed by atoms with Crippen molar-refractivity contribution in [3.63, 3.8) is 0 Å². The van der Waals surface area contributed by atoms with Crippen molar-refractivity contribution in [1.82, 2.24) is 5.32 Å². The van der Waals surface area contributed by atoms with Crippen LogP contribution in [0.25, 0.3) is 0 Å². The lowest BCUT2D eigenvalue weighted by Crippen LogP contribution is -2.45. The van der Waals surface area contributed by atoms with E-state index in [0.29, 0.717) is 11.4 Å². The zero-order chi connectivity index (χ0) is 30.4. The lowest BCUT2D eigenvalue weighted by atomic mass is 9.77. The standard InChI is InChI=1S/C34H38Cl2NO5P/c1-39-31-22-20-30(21-23-31)34(28-14-6-4-7-15-28,29-16-8-5-9-17-29)37-25-12-2-3-13-26-40-43(38,41-27-24-35)42-33-19-11-10-18-32(33)36/h4-11,14-23,37H,2-3,12-13,24-27H2,1H3. The smallest absolute Gasteiger partial charge is 0.497 e. The van der Waals surface area contributed by atoms with Gasteiger partial charge in [0.15, 0.2) is 0 Å². The zero-order valence-electron chi connectivity index (χ0n) is 24.3. The van der Waals surface area contributed by atoms with Crippen LogP contribution in [0, 0.1) is 0 Å². The summed E-state index contributed by atoms with van der Waals surface area (Å²) in [5.41, 5.74) is 2.91. The predicted molar refractivity (Wildman–Crippen MR) is 175 cm³/mol. The molecule has 4 aromatic rings. The molecule has 1 atom stereocenters. The van der Waals surface area contributed by atoms with Crippen LogP contribution in [0.5, 0.6) is 11.5 Å². The Morgan fingerprint density at radius 3 is 1.86 bits per heavy atom. The Morgan fingerprint density at radius 2 is 1.26 bits per heavy atom. The summed E-state index contributed by atoms with van der Waals surface area (Å²) in [6.07, 6.45) is 3.47. The molecule has 1 N–H and O–H groups in total. The second-order valence-corrected chi connectivity index (χ2v) is 12.3. The Morgan fingerprint density at radius 1 is 0.698 bits per heavy atom. The first-order chi connectivity index (χ1) is 21.0. The maximum absolute atomic E-state index is 13.2. The largest absolute Gasteiger partial charge is 0.530 e. The van der Waals surface area contributed by atoms with Crippen molar-refractivity contribution >= 4 is 31.0 Å². The maximum Gasteiger partial charge on any atom is 0.530 e. The number of phosphoric ester groups is 1. The van der Waals surface area contributed by atoms with Crippen molar-refractivity contribution in [2.75, 3.05) is 32.7 Å². The monoisotopic (exact) mass is 641 g/mol. The molecule has 4 rings (SSSR count). The molecule has 4 aromatic carbocycles. The van der Waals surface area contributed by atoms with Crippen LogP contribution >= 0.6 is 31.0 Å². The minimum absolute atomic E-state index is 0.0354. The summed E-state index contributed by atoms with van der Waals surface area (Å²) in [4.78, 5) is 0. The number of alkyl halides is 1. The number of hydrogen-bond acceptors (Lipinski definition) is 6. The quantitative estimate of drug-likeness (QED) is 0.0505. The molecule has 1 unspecified atom stereocenters. The van der Waals surface area contributed by atoms with E-state index in [4.69, 9.17) is 41.5 Å². The number of methoxy groups -OCH3 is 1. The average Bonchev–Trinajstić information content (AvgIpc) is 3.05. The van der Waals surface area contributed by atoms with Crippen LogP contribution in [0.4, 0.5) is 0 Å². The summed E-state index contributed by atoms with van der Waals surface area (Å²) in [6, 6.07) is 36.0. The van der Waals surface area contributed by atoms with E-state index in [9.17, 15) is 4.57 Å². The molecule has 0 saturated carbocycles. The molecule has 6 nitrogen and oxygen atoms in total. The van der Waals surface area contributed by atoms with E-state index < -0.39 is 13.4 Å². The van der Waals surface area contributed by atoms with Gasteiger partial charge in [-0.25, -0.2) is 4.57 Å². The molecule has 0 aliphatic heterocycles. The van der Waals surface area contributed by atoms with E-state index in [0.717, 1.165) is 48.2 Å². The van der Waals surface area contributed by atoms with Crippen LogP contribution in [0.2, 0.25) is 5.02 Å². The normalized spacial score (nSPS) is 12.9. The lowest BCUT2D eigenvalue weighted by Gasteiger charge is -2.37. The molecule has 0 aliphatic rings. The summed E-state index contributed by atoms with van der Waals surface area (Å²) in [7, 11) is -2.19. The van der Waals surface area contributed by atoms with Gasteiger partial charge < -0.3 is 9.26 Å². The average molecular weight is 643 g/mol. The minimum Gasteiger partial charge on any atom is -0.497 e. The number of rotatable bonds is 18. The van der Waals surface area contributed by atoms with Gasteiger partial charge >= 0.3 is 7.82 Å². The zero-order valence-corrected chi connectivity index (χ0v) is 26.7. The summed E-state index contributed by atoms with van der Waals surface area (Å²) < 4.78 is 35.2. The van der Waals surface area contributed by atoms with Gasteiger partial charge in [0.2, 0.25) is 0 Å². The first-order valence-corrected chi connectivity index (χ1v) is 16.8. The third kappa shape index (κ3) is 9.09. The van der Waals surface area contributed by atoms with Crippen LogP contribution < -0.4 is 14.6 Å². The van der Waals surface area contributed by atoms with Crippen molar-refractivity contribution in [3.8, 4) is 11.5 Å². The summed E-state index contributed by atoms with van der Waals surface area (Å²) in [5, 5.41) is 4.23. The highest BCUT2D eigenvalue weighted by atomic mass is 35.5. The molecule has 0 radical (unpaired) electrons. The van der Waals surface area contributed by atoms with Crippen LogP contribution in [-0.2, 0) is 19.2 Å². The van der Waals surface area contributed by atoms with Crippen molar-refractivity contribution in [1.29, 1.82) is 0 Å². The Kier molecular flexibility index (Phi) is 13.0. The molecule has 0 fully saturated rings. The number of unbranched alkanes of at least 4 members (excludes halogenated alkanes) is 3. The highest BCUT2D eigenvalue weighted by Crippen LogP contribution is 2.51. The number of halogens is 2. The molecule has 228 valence electrons. The Labute approximate surface area is 264 Å². The predicted octanol–water partition coefficient (Wildman–Crippen LogP) is 9.25. The Bertz CT molecular complexity index is 1380. The third-order valence-electron chi connectivity index (χ3n) is 7.02. The molecule has 0 saturated heterocycles. The van der Waals surface area contributed by atoms with Gasteiger partial charge in [0.05, 0.1) is 30.9 Å². The van der Waals surface area contributed by atoms with Crippen LogP contribution in [0.15, 0.2) is 109 Å². The fourth-order valence-corrected chi connectivity index (χ4v) is 6.59. The summed E-state index contributed by atoms with van der Waals surface area (Å²) >= 11 is 11.9. The number of nitrogens with one attached hydrogen (secondary N) is 1. The van der Waals surface area contributed by atoms with Crippen LogP contribution in [0.1, 0.15) is 42.4 Å². The molecule has 0 heterocycles. The first-order valence-electron chi connectivity index (χ1n) is 14.4. The maximum atomic E-state index is 13.2. The van der Waals surface area contributed by atoms with Crippen molar-refractivity contribution in [2.45, 2.75) is 31.2 Å². The van der Waals surface area contributed by atoms with Gasteiger partial charge in [0.1, 0.15) is 11.5 Å². The highest BCUT2D eigenvalue weighted by molar-refractivity contribution is 7.48. The lowest BCUT2D eigenvalue weighted by molar-refractivity contribution is 0.159.